The van der Waals surface area contributed by atoms with Gasteiger partial charge in [-0.2, -0.15) is 0 Å². The van der Waals surface area contributed by atoms with E-state index >= 15 is 0 Å². The second-order valence-electron chi connectivity index (χ2n) is 2.75. The Hall–Kier alpha value is -0.350. The van der Waals surface area contributed by atoms with Gasteiger partial charge in [-0.15, -0.1) is 0 Å². The Morgan fingerprint density at radius 3 is 2.36 bits per heavy atom. The summed E-state index contributed by atoms with van der Waals surface area (Å²) in [5.41, 5.74) is 2.70. The fraction of sp³-hybridized carbons (Fsp3) is 0.300. The maximum Gasteiger partial charge on any atom is 0.150 e. The molecule has 0 saturated carbocycles. The standard InChI is InChI=1S/C10H10Br2O2/c1-14-10-3-9(6-13)7(4-11)2-8(10)5-12/h2-3,6H,4-5H2,1H3. The van der Waals surface area contributed by atoms with Gasteiger partial charge >= 0.3 is 0 Å². The summed E-state index contributed by atoms with van der Waals surface area (Å²) < 4.78 is 5.17. The van der Waals surface area contributed by atoms with Crippen LogP contribution in [0.5, 0.6) is 5.75 Å². The van der Waals surface area contributed by atoms with Crippen molar-refractivity contribution in [3.8, 4) is 5.75 Å². The number of carbonyl (C=O) groups excluding carboxylic acids is 1. The van der Waals surface area contributed by atoms with Crippen LogP contribution in [-0.2, 0) is 10.7 Å². The second kappa shape index (κ2) is 5.51. The molecule has 0 atom stereocenters. The average Bonchev–Trinajstić information content (AvgIpc) is 2.26. The third-order valence-electron chi connectivity index (χ3n) is 1.96. The molecular formula is C10H10Br2O2. The molecule has 0 radical (unpaired) electrons. The van der Waals surface area contributed by atoms with Gasteiger partial charge in [0.1, 0.15) is 12.0 Å². The second-order valence-corrected chi connectivity index (χ2v) is 3.87. The van der Waals surface area contributed by atoms with Crippen molar-refractivity contribution in [2.24, 2.45) is 0 Å². The molecule has 0 fully saturated rings. The molecule has 0 unspecified atom stereocenters. The minimum absolute atomic E-state index is 0.670. The lowest BCUT2D eigenvalue weighted by atomic mass is 10.1. The van der Waals surface area contributed by atoms with E-state index in [4.69, 9.17) is 4.74 Å². The molecule has 2 nitrogen and oxygen atoms in total. The average molecular weight is 322 g/mol. The summed E-state index contributed by atoms with van der Waals surface area (Å²) in [6.45, 7) is 0. The molecule has 0 aliphatic rings. The highest BCUT2D eigenvalue weighted by molar-refractivity contribution is 9.08. The SMILES string of the molecule is COc1cc(C=O)c(CBr)cc1CBr. The molecule has 1 aromatic rings. The summed E-state index contributed by atoms with van der Waals surface area (Å²) in [4.78, 5) is 10.8. The van der Waals surface area contributed by atoms with Crippen LogP contribution >= 0.6 is 31.9 Å². The van der Waals surface area contributed by atoms with E-state index in [-0.39, 0.29) is 0 Å². The van der Waals surface area contributed by atoms with Crippen LogP contribution in [0.25, 0.3) is 0 Å². The Morgan fingerprint density at radius 1 is 1.29 bits per heavy atom. The first kappa shape index (κ1) is 11.7. The molecule has 76 valence electrons. The number of hydrogen-bond acceptors (Lipinski definition) is 2. The zero-order valence-corrected chi connectivity index (χ0v) is 10.9. The monoisotopic (exact) mass is 320 g/mol. The van der Waals surface area contributed by atoms with E-state index in [0.717, 1.165) is 28.5 Å². The van der Waals surface area contributed by atoms with Crippen molar-refractivity contribution in [1.29, 1.82) is 0 Å². The maximum atomic E-state index is 10.8. The number of halogens is 2. The topological polar surface area (TPSA) is 26.3 Å². The third kappa shape index (κ3) is 2.36. The van der Waals surface area contributed by atoms with Gasteiger partial charge in [0.05, 0.1) is 7.11 Å². The summed E-state index contributed by atoms with van der Waals surface area (Å²) >= 11 is 6.72. The van der Waals surface area contributed by atoms with E-state index < -0.39 is 0 Å². The molecule has 14 heavy (non-hydrogen) atoms. The Morgan fingerprint density at radius 2 is 1.93 bits per heavy atom. The molecule has 0 heterocycles. The van der Waals surface area contributed by atoms with Crippen LogP contribution < -0.4 is 4.74 Å². The van der Waals surface area contributed by atoms with Gasteiger partial charge in [-0.05, 0) is 17.7 Å². The molecular weight excluding hydrogens is 312 g/mol. The number of hydrogen-bond donors (Lipinski definition) is 0. The van der Waals surface area contributed by atoms with Crippen molar-refractivity contribution < 1.29 is 9.53 Å². The molecule has 0 aliphatic heterocycles. The zero-order valence-electron chi connectivity index (χ0n) is 7.72. The predicted molar refractivity (Wildman–Crippen MR) is 63.6 cm³/mol. The molecule has 0 amide bonds. The van der Waals surface area contributed by atoms with Crippen LogP contribution in [0.1, 0.15) is 21.5 Å². The molecule has 4 heteroatoms. The maximum absolute atomic E-state index is 10.8. The highest BCUT2D eigenvalue weighted by Crippen LogP contribution is 2.26. The predicted octanol–water partition coefficient (Wildman–Crippen LogP) is 3.30. The largest absolute Gasteiger partial charge is 0.496 e. The first-order valence-corrected chi connectivity index (χ1v) is 6.28. The number of aldehydes is 1. The lowest BCUT2D eigenvalue weighted by Crippen LogP contribution is -1.96. The summed E-state index contributed by atoms with van der Waals surface area (Å²) in [6.07, 6.45) is 0.844. The number of ether oxygens (including phenoxy) is 1. The van der Waals surface area contributed by atoms with Gasteiger partial charge in [0.2, 0.25) is 0 Å². The molecule has 0 spiro atoms. The summed E-state index contributed by atoms with van der Waals surface area (Å²) in [5, 5.41) is 1.39. The third-order valence-corrected chi connectivity index (χ3v) is 3.17. The molecule has 0 saturated heterocycles. The first-order chi connectivity index (χ1) is 6.76. The molecule has 1 aromatic carbocycles. The Labute approximate surface area is 99.9 Å². The summed E-state index contributed by atoms with van der Waals surface area (Å²) in [7, 11) is 1.60. The van der Waals surface area contributed by atoms with Crippen molar-refractivity contribution in [3.05, 3.63) is 28.8 Å². The van der Waals surface area contributed by atoms with Gasteiger partial charge in [0, 0.05) is 21.8 Å². The smallest absolute Gasteiger partial charge is 0.150 e. The number of methoxy groups -OCH3 is 1. The van der Waals surface area contributed by atoms with Gasteiger partial charge in [0.15, 0.2) is 0 Å². The highest BCUT2D eigenvalue weighted by atomic mass is 79.9. The highest BCUT2D eigenvalue weighted by Gasteiger charge is 2.08. The molecule has 0 N–H and O–H groups in total. The Bertz CT molecular complexity index is 337. The van der Waals surface area contributed by atoms with Crippen molar-refractivity contribution in [1.82, 2.24) is 0 Å². The van der Waals surface area contributed by atoms with E-state index in [1.807, 2.05) is 6.07 Å². The van der Waals surface area contributed by atoms with Crippen LogP contribution in [0.2, 0.25) is 0 Å². The Balaban J connectivity index is 3.27. The van der Waals surface area contributed by atoms with Crippen molar-refractivity contribution >= 4 is 38.1 Å². The Kier molecular flexibility index (Phi) is 4.62. The van der Waals surface area contributed by atoms with Gasteiger partial charge in [-0.25, -0.2) is 0 Å². The van der Waals surface area contributed by atoms with Gasteiger partial charge in [-0.1, -0.05) is 31.9 Å². The number of rotatable bonds is 4. The van der Waals surface area contributed by atoms with Crippen LogP contribution in [0.3, 0.4) is 0 Å². The number of alkyl halides is 2. The van der Waals surface area contributed by atoms with E-state index in [1.54, 1.807) is 13.2 Å². The normalized spacial score (nSPS) is 9.93. The molecule has 1 rings (SSSR count). The van der Waals surface area contributed by atoms with Crippen LogP contribution in [0.4, 0.5) is 0 Å². The van der Waals surface area contributed by atoms with E-state index in [1.165, 1.54) is 0 Å². The minimum Gasteiger partial charge on any atom is -0.496 e. The van der Waals surface area contributed by atoms with Crippen LogP contribution in [0, 0.1) is 0 Å². The van der Waals surface area contributed by atoms with E-state index in [0.29, 0.717) is 10.9 Å². The van der Waals surface area contributed by atoms with Crippen LogP contribution in [-0.4, -0.2) is 13.4 Å². The zero-order chi connectivity index (χ0) is 10.6. The summed E-state index contributed by atoms with van der Waals surface area (Å²) in [5.74, 6) is 0.744. The summed E-state index contributed by atoms with van der Waals surface area (Å²) in [6, 6.07) is 3.73. The molecule has 0 bridgehead atoms. The van der Waals surface area contributed by atoms with Crippen molar-refractivity contribution in [2.75, 3.05) is 7.11 Å². The van der Waals surface area contributed by atoms with Crippen molar-refractivity contribution in [2.45, 2.75) is 10.7 Å². The number of carbonyl (C=O) groups is 1. The van der Waals surface area contributed by atoms with E-state index in [9.17, 15) is 4.79 Å². The first-order valence-electron chi connectivity index (χ1n) is 4.03. The van der Waals surface area contributed by atoms with Gasteiger partial charge in [0.25, 0.3) is 0 Å². The van der Waals surface area contributed by atoms with E-state index in [2.05, 4.69) is 31.9 Å². The van der Waals surface area contributed by atoms with Crippen LogP contribution in [0.15, 0.2) is 12.1 Å². The molecule has 0 aromatic heterocycles. The fourth-order valence-corrected chi connectivity index (χ4v) is 2.14. The fourth-order valence-electron chi connectivity index (χ4n) is 1.21. The van der Waals surface area contributed by atoms with Gasteiger partial charge in [-0.3, -0.25) is 4.79 Å². The van der Waals surface area contributed by atoms with Gasteiger partial charge < -0.3 is 4.74 Å². The minimum atomic E-state index is 0.670. The number of benzene rings is 1. The quantitative estimate of drug-likeness (QED) is 0.628. The lowest BCUT2D eigenvalue weighted by Gasteiger charge is -2.09. The molecule has 0 aliphatic carbocycles. The van der Waals surface area contributed by atoms with Crippen molar-refractivity contribution in [3.63, 3.8) is 0 Å². The lowest BCUT2D eigenvalue weighted by molar-refractivity contribution is 0.112.